The van der Waals surface area contributed by atoms with E-state index in [1.54, 1.807) is 41.1 Å². The van der Waals surface area contributed by atoms with Crippen LogP contribution < -0.4 is 19.1 Å². The van der Waals surface area contributed by atoms with Crippen molar-refractivity contribution in [2.45, 2.75) is 19.5 Å². The van der Waals surface area contributed by atoms with Gasteiger partial charge in [0.15, 0.2) is 0 Å². The maximum atomic E-state index is 12.9. The normalized spacial score (nSPS) is 13.0. The van der Waals surface area contributed by atoms with Gasteiger partial charge in [-0.1, -0.05) is 6.07 Å². The van der Waals surface area contributed by atoms with Crippen molar-refractivity contribution in [3.8, 4) is 17.2 Å². The number of carbonyl (C=O) groups excluding carboxylic acids is 1. The Morgan fingerprint density at radius 1 is 0.947 bits per heavy atom. The lowest BCUT2D eigenvalue weighted by atomic mass is 10.1. The molecule has 1 aromatic heterocycles. The molecule has 0 aliphatic carbocycles. The van der Waals surface area contributed by atoms with Crippen molar-refractivity contribution in [1.29, 1.82) is 0 Å². The molecule has 0 atom stereocenters. The van der Waals surface area contributed by atoms with E-state index in [0.29, 0.717) is 28.3 Å². The van der Waals surface area contributed by atoms with Gasteiger partial charge in [0.05, 0.1) is 6.54 Å². The summed E-state index contributed by atoms with van der Waals surface area (Å²) in [7, 11) is 0. The molecule has 5 rings (SSSR count). The van der Waals surface area contributed by atoms with Gasteiger partial charge in [-0.2, -0.15) is 0 Å². The highest BCUT2D eigenvalue weighted by Crippen LogP contribution is 2.35. The quantitative estimate of drug-likeness (QED) is 0.300. The summed E-state index contributed by atoms with van der Waals surface area (Å²) in [6.07, 6.45) is -3.09. The fourth-order valence-electron chi connectivity index (χ4n) is 4.34. The molecule has 1 aliphatic rings. The lowest BCUT2D eigenvalue weighted by molar-refractivity contribution is -0.274. The molecule has 0 saturated carbocycles. The van der Waals surface area contributed by atoms with Gasteiger partial charge < -0.3 is 28.8 Å². The Balaban J connectivity index is 1.20. The maximum absolute atomic E-state index is 12.9. The molecule has 196 valence electrons. The molecule has 0 unspecified atom stereocenters. The van der Waals surface area contributed by atoms with E-state index in [1.165, 1.54) is 17.0 Å². The van der Waals surface area contributed by atoms with Gasteiger partial charge in [-0.3, -0.25) is 9.59 Å². The van der Waals surface area contributed by atoms with Crippen LogP contribution in [0.5, 0.6) is 17.2 Å². The van der Waals surface area contributed by atoms with E-state index < -0.39 is 12.3 Å². The van der Waals surface area contributed by atoms with Crippen molar-refractivity contribution >= 4 is 28.5 Å². The Kier molecular flexibility index (Phi) is 6.58. The van der Waals surface area contributed by atoms with Crippen molar-refractivity contribution in [3.63, 3.8) is 0 Å². The summed E-state index contributed by atoms with van der Waals surface area (Å²) in [5, 5.41) is 9.86. The highest BCUT2D eigenvalue weighted by Gasteiger charge is 2.33. The van der Waals surface area contributed by atoms with Crippen LogP contribution in [-0.2, 0) is 17.9 Å². The molecule has 0 radical (unpaired) electrons. The van der Waals surface area contributed by atoms with Crippen LogP contribution in [0.4, 0.5) is 18.9 Å². The van der Waals surface area contributed by atoms with E-state index in [9.17, 15) is 22.8 Å². The minimum atomic E-state index is -4.79. The van der Waals surface area contributed by atoms with Gasteiger partial charge in [-0.05, 0) is 60.7 Å². The molecule has 11 heteroatoms. The van der Waals surface area contributed by atoms with Crippen molar-refractivity contribution in [2.24, 2.45) is 0 Å². The van der Waals surface area contributed by atoms with Crippen molar-refractivity contribution in [2.75, 3.05) is 18.1 Å². The molecule has 0 spiro atoms. The predicted molar refractivity (Wildman–Crippen MR) is 131 cm³/mol. The van der Waals surface area contributed by atoms with E-state index in [0.717, 1.165) is 23.0 Å². The van der Waals surface area contributed by atoms with E-state index in [4.69, 9.17) is 14.6 Å². The second kappa shape index (κ2) is 10.0. The van der Waals surface area contributed by atoms with Gasteiger partial charge in [-0.15, -0.1) is 13.2 Å². The molecular formula is C27H21F3N2O6. The van der Waals surface area contributed by atoms with Gasteiger partial charge in [0, 0.05) is 33.9 Å². The number of halogens is 3. The van der Waals surface area contributed by atoms with Crippen LogP contribution in [0, 0.1) is 0 Å². The lowest BCUT2D eigenvalue weighted by Crippen LogP contribution is -2.23. The summed E-state index contributed by atoms with van der Waals surface area (Å²) >= 11 is 0. The number of fused-ring (bicyclic) bond motifs is 2. The second-order valence-corrected chi connectivity index (χ2v) is 8.47. The number of carboxylic acid groups (broad SMARTS) is 1. The molecular weight excluding hydrogens is 505 g/mol. The van der Waals surface area contributed by atoms with Crippen LogP contribution in [0.15, 0.2) is 72.9 Å². The van der Waals surface area contributed by atoms with E-state index in [-0.39, 0.29) is 38.0 Å². The third kappa shape index (κ3) is 5.36. The molecule has 1 N–H and O–H groups in total. The number of alkyl halides is 3. The zero-order chi connectivity index (χ0) is 26.9. The SMILES string of the molecule is O=C(O)Cn1ccc2cc(OCCOc3cccc4c3CN(c3ccc(OC(F)(F)F)cc3)C4=O)ccc21. The Bertz CT molecular complexity index is 1500. The van der Waals surface area contributed by atoms with Crippen molar-refractivity contribution < 1.29 is 42.1 Å². The molecule has 3 aromatic carbocycles. The highest BCUT2D eigenvalue weighted by molar-refractivity contribution is 6.10. The minimum absolute atomic E-state index is 0.128. The molecule has 8 nitrogen and oxygen atoms in total. The average molecular weight is 526 g/mol. The zero-order valence-corrected chi connectivity index (χ0v) is 19.8. The Morgan fingerprint density at radius 2 is 1.68 bits per heavy atom. The number of hydrogen-bond acceptors (Lipinski definition) is 5. The van der Waals surface area contributed by atoms with Gasteiger partial charge in [-0.25, -0.2) is 0 Å². The first-order valence-corrected chi connectivity index (χ1v) is 11.5. The fraction of sp³-hybridized carbons (Fsp3) is 0.185. The van der Waals surface area contributed by atoms with Gasteiger partial charge in [0.2, 0.25) is 0 Å². The Morgan fingerprint density at radius 3 is 2.42 bits per heavy atom. The Labute approximate surface area is 214 Å². The third-order valence-corrected chi connectivity index (χ3v) is 5.96. The van der Waals surface area contributed by atoms with Crippen LogP contribution >= 0.6 is 0 Å². The summed E-state index contributed by atoms with van der Waals surface area (Å²) in [5.41, 5.74) is 2.35. The van der Waals surface area contributed by atoms with Crippen LogP contribution in [0.2, 0.25) is 0 Å². The summed E-state index contributed by atoms with van der Waals surface area (Å²) in [6, 6.07) is 17.4. The summed E-state index contributed by atoms with van der Waals surface area (Å²) < 4.78 is 54.5. The molecule has 4 aromatic rings. The van der Waals surface area contributed by atoms with Crippen LogP contribution in [-0.4, -0.2) is 41.1 Å². The molecule has 0 saturated heterocycles. The second-order valence-electron chi connectivity index (χ2n) is 8.47. The number of aromatic nitrogens is 1. The smallest absolute Gasteiger partial charge is 0.490 e. The molecule has 38 heavy (non-hydrogen) atoms. The summed E-state index contributed by atoms with van der Waals surface area (Å²) in [5.74, 6) is -0.460. The highest BCUT2D eigenvalue weighted by atomic mass is 19.4. The van der Waals surface area contributed by atoms with Crippen LogP contribution in [0.3, 0.4) is 0 Å². The molecule has 0 bridgehead atoms. The standard InChI is InChI=1S/C27H21F3N2O6/c28-27(29,30)38-19-6-4-18(5-7-19)32-15-22-21(26(32)35)2-1-3-24(22)37-13-12-36-20-8-9-23-17(14-20)10-11-31(23)16-25(33)34/h1-11,14H,12-13,15-16H2,(H,33,34). The number of aliphatic carboxylic acids is 1. The first kappa shape index (κ1) is 25.0. The monoisotopic (exact) mass is 526 g/mol. The largest absolute Gasteiger partial charge is 0.573 e. The maximum Gasteiger partial charge on any atom is 0.573 e. The predicted octanol–water partition coefficient (Wildman–Crippen LogP) is 5.24. The first-order chi connectivity index (χ1) is 18.2. The third-order valence-electron chi connectivity index (χ3n) is 5.96. The Hall–Kier alpha value is -4.67. The molecule has 0 fully saturated rings. The van der Waals surface area contributed by atoms with Crippen molar-refractivity contribution in [3.05, 3.63) is 84.1 Å². The van der Waals surface area contributed by atoms with E-state index in [1.807, 2.05) is 12.1 Å². The fourth-order valence-corrected chi connectivity index (χ4v) is 4.34. The van der Waals surface area contributed by atoms with Gasteiger partial charge in [0.25, 0.3) is 5.91 Å². The molecule has 2 heterocycles. The lowest BCUT2D eigenvalue weighted by Gasteiger charge is -2.17. The number of carboxylic acids is 1. The molecule has 1 aliphatic heterocycles. The summed E-state index contributed by atoms with van der Waals surface area (Å²) in [6.45, 7) is 0.501. The number of hydrogen-bond donors (Lipinski definition) is 1. The van der Waals surface area contributed by atoms with E-state index >= 15 is 0 Å². The van der Waals surface area contributed by atoms with Crippen molar-refractivity contribution in [1.82, 2.24) is 4.57 Å². The first-order valence-electron chi connectivity index (χ1n) is 11.5. The number of rotatable bonds is 9. The summed E-state index contributed by atoms with van der Waals surface area (Å²) in [4.78, 5) is 25.4. The number of carbonyl (C=O) groups is 2. The number of ether oxygens (including phenoxy) is 3. The number of nitrogens with zero attached hydrogens (tertiary/aromatic N) is 2. The topological polar surface area (TPSA) is 90.2 Å². The van der Waals surface area contributed by atoms with E-state index in [2.05, 4.69) is 4.74 Å². The average Bonchev–Trinajstić information content (AvgIpc) is 3.42. The van der Waals surface area contributed by atoms with Gasteiger partial charge in [0.1, 0.15) is 37.0 Å². The minimum Gasteiger partial charge on any atom is -0.490 e. The molecule has 1 amide bonds. The van der Waals surface area contributed by atoms with Crippen LogP contribution in [0.1, 0.15) is 15.9 Å². The zero-order valence-electron chi connectivity index (χ0n) is 19.8. The number of anilines is 1. The number of amides is 1. The number of benzene rings is 3. The van der Waals surface area contributed by atoms with Crippen LogP contribution in [0.25, 0.3) is 10.9 Å². The van der Waals surface area contributed by atoms with Gasteiger partial charge >= 0.3 is 12.3 Å².